The Balaban J connectivity index is 1.48. The molecule has 1 heterocycles. The van der Waals surface area contributed by atoms with Gasteiger partial charge in [-0.3, -0.25) is 4.79 Å². The number of ether oxygens (including phenoxy) is 5. The van der Waals surface area contributed by atoms with Gasteiger partial charge in [0.05, 0.1) is 24.3 Å². The van der Waals surface area contributed by atoms with Crippen molar-refractivity contribution < 1.29 is 37.3 Å². The summed E-state index contributed by atoms with van der Waals surface area (Å²) < 4.78 is 57.3. The lowest BCUT2D eigenvalue weighted by Crippen LogP contribution is -2.32. The number of carbonyl (C=O) groups excluding carboxylic acids is 1. The lowest BCUT2D eigenvalue weighted by molar-refractivity contribution is -0.133. The number of hydrogen-bond donors (Lipinski definition) is 1. The Hall–Kier alpha value is -3.84. The summed E-state index contributed by atoms with van der Waals surface area (Å²) in [6.45, 7) is 5.96. The van der Waals surface area contributed by atoms with E-state index in [-0.39, 0.29) is 41.9 Å². The molecule has 2 aromatic carbocycles. The van der Waals surface area contributed by atoms with Crippen LogP contribution in [0.3, 0.4) is 0 Å². The monoisotopic (exact) mass is 542 g/mol. The van der Waals surface area contributed by atoms with Crippen molar-refractivity contribution in [2.75, 3.05) is 13.7 Å². The van der Waals surface area contributed by atoms with E-state index >= 15 is 0 Å². The molecule has 4 rings (SSSR count). The van der Waals surface area contributed by atoms with Crippen molar-refractivity contribution in [1.82, 2.24) is 5.32 Å². The molecule has 0 bridgehead atoms. The van der Waals surface area contributed by atoms with Crippen molar-refractivity contribution >= 4 is 5.91 Å². The zero-order valence-electron chi connectivity index (χ0n) is 22.4. The Labute approximate surface area is 226 Å². The molecule has 10 heteroatoms. The van der Waals surface area contributed by atoms with Crippen LogP contribution in [0.15, 0.2) is 42.5 Å². The van der Waals surface area contributed by atoms with Crippen molar-refractivity contribution in [3.8, 4) is 17.6 Å². The first-order valence-corrected chi connectivity index (χ1v) is 12.8. The molecule has 1 aliphatic heterocycles. The SMILES string of the molecule is CCO[C@H](C(=O)NCc1ccc(C#N)cc1OC1=COC([C@@H]2CCCC2(C)C)O1)c1c(F)cc(OC)cc1F. The van der Waals surface area contributed by atoms with Crippen molar-refractivity contribution in [2.24, 2.45) is 11.3 Å². The molecule has 208 valence electrons. The number of halogens is 2. The maximum atomic E-state index is 14.7. The van der Waals surface area contributed by atoms with Gasteiger partial charge < -0.3 is 29.0 Å². The number of nitriles is 1. The first kappa shape index (κ1) is 28.2. The van der Waals surface area contributed by atoms with Gasteiger partial charge in [0.2, 0.25) is 6.29 Å². The second-order valence-electron chi connectivity index (χ2n) is 10.1. The van der Waals surface area contributed by atoms with E-state index in [2.05, 4.69) is 25.2 Å². The average molecular weight is 543 g/mol. The van der Waals surface area contributed by atoms with Gasteiger partial charge in [0, 0.05) is 36.8 Å². The summed E-state index contributed by atoms with van der Waals surface area (Å²) in [6, 6.07) is 8.73. The van der Waals surface area contributed by atoms with Gasteiger partial charge in [0.15, 0.2) is 12.4 Å². The van der Waals surface area contributed by atoms with Gasteiger partial charge in [0.1, 0.15) is 23.1 Å². The summed E-state index contributed by atoms with van der Waals surface area (Å²) in [5.74, 6) is -2.09. The fraction of sp³-hybridized carbons (Fsp3) is 0.448. The zero-order chi connectivity index (χ0) is 28.2. The van der Waals surface area contributed by atoms with Crippen LogP contribution in [0.2, 0.25) is 0 Å². The van der Waals surface area contributed by atoms with E-state index < -0.39 is 35.5 Å². The van der Waals surface area contributed by atoms with Crippen LogP contribution in [0.5, 0.6) is 11.5 Å². The summed E-state index contributed by atoms with van der Waals surface area (Å²) in [4.78, 5) is 13.0. The number of carbonyl (C=O) groups is 1. The highest BCUT2D eigenvalue weighted by molar-refractivity contribution is 5.82. The molecule has 2 aromatic rings. The molecule has 1 saturated carbocycles. The maximum absolute atomic E-state index is 14.7. The number of nitrogens with one attached hydrogen (secondary N) is 1. The minimum absolute atomic E-state index is 0.0186. The van der Waals surface area contributed by atoms with Crippen LogP contribution in [0, 0.1) is 34.3 Å². The number of hydrogen-bond acceptors (Lipinski definition) is 7. The molecular weight excluding hydrogens is 510 g/mol. The largest absolute Gasteiger partial charge is 0.497 e. The minimum Gasteiger partial charge on any atom is -0.497 e. The third kappa shape index (κ3) is 6.25. The molecule has 0 radical (unpaired) electrons. The summed E-state index contributed by atoms with van der Waals surface area (Å²) in [6.07, 6.45) is 2.56. The summed E-state index contributed by atoms with van der Waals surface area (Å²) in [7, 11) is 1.28. The summed E-state index contributed by atoms with van der Waals surface area (Å²) >= 11 is 0. The average Bonchev–Trinajstić information content (AvgIpc) is 3.51. The van der Waals surface area contributed by atoms with Crippen LogP contribution in [0.4, 0.5) is 8.78 Å². The highest BCUT2D eigenvalue weighted by Gasteiger charge is 2.44. The van der Waals surface area contributed by atoms with Gasteiger partial charge >= 0.3 is 5.95 Å². The van der Waals surface area contributed by atoms with E-state index in [0.717, 1.165) is 31.4 Å². The third-order valence-electron chi connectivity index (χ3n) is 7.18. The first-order chi connectivity index (χ1) is 18.7. The standard InChI is InChI=1S/C29H32F2N2O6/c1-5-36-26(25-21(30)12-19(35-4)13-22(25)31)27(34)33-15-18-9-8-17(14-32)11-23(18)38-24-16-37-28(39-24)20-7-6-10-29(20,2)3/h8-9,11-13,16,20,26,28H,5-7,10,15H2,1-4H3,(H,33,34)/t20-,26-,28?/m0/s1. The molecular formula is C29H32F2N2O6. The Morgan fingerprint density at radius 3 is 2.62 bits per heavy atom. The predicted octanol–water partition coefficient (Wildman–Crippen LogP) is 5.62. The highest BCUT2D eigenvalue weighted by Crippen LogP contribution is 2.47. The van der Waals surface area contributed by atoms with Crippen LogP contribution in [-0.4, -0.2) is 25.9 Å². The van der Waals surface area contributed by atoms with Crippen molar-refractivity contribution in [3.63, 3.8) is 0 Å². The second-order valence-corrected chi connectivity index (χ2v) is 10.1. The van der Waals surface area contributed by atoms with Crippen LogP contribution >= 0.6 is 0 Å². The summed E-state index contributed by atoms with van der Waals surface area (Å²) in [5.41, 5.74) is 0.392. The topological polar surface area (TPSA) is 99.0 Å². The minimum atomic E-state index is -1.53. The normalized spacial score (nSPS) is 20.3. The Kier molecular flexibility index (Phi) is 8.60. The molecule has 39 heavy (non-hydrogen) atoms. The number of amides is 1. The number of benzene rings is 2. The van der Waals surface area contributed by atoms with E-state index in [0.29, 0.717) is 11.1 Å². The second kappa shape index (κ2) is 11.9. The number of rotatable bonds is 10. The van der Waals surface area contributed by atoms with Crippen molar-refractivity contribution in [2.45, 2.75) is 59.0 Å². The van der Waals surface area contributed by atoms with Gasteiger partial charge in [-0.05, 0) is 37.3 Å². The lowest BCUT2D eigenvalue weighted by Gasteiger charge is -2.30. The van der Waals surface area contributed by atoms with Crippen LogP contribution in [0.25, 0.3) is 0 Å². The molecule has 8 nitrogen and oxygen atoms in total. The van der Waals surface area contributed by atoms with Gasteiger partial charge in [-0.1, -0.05) is 26.3 Å². The first-order valence-electron chi connectivity index (χ1n) is 12.8. The van der Waals surface area contributed by atoms with Crippen molar-refractivity contribution in [3.05, 3.63) is 70.9 Å². The van der Waals surface area contributed by atoms with Crippen LogP contribution in [-0.2, 0) is 25.5 Å². The predicted molar refractivity (Wildman–Crippen MR) is 136 cm³/mol. The Morgan fingerprint density at radius 1 is 1.26 bits per heavy atom. The van der Waals surface area contributed by atoms with E-state index in [4.69, 9.17) is 23.7 Å². The van der Waals surface area contributed by atoms with E-state index in [1.165, 1.54) is 19.4 Å². The van der Waals surface area contributed by atoms with E-state index in [1.54, 1.807) is 19.1 Å². The van der Waals surface area contributed by atoms with E-state index in [1.807, 2.05) is 0 Å². The highest BCUT2D eigenvalue weighted by atomic mass is 19.1. The Morgan fingerprint density at radius 2 is 2.00 bits per heavy atom. The van der Waals surface area contributed by atoms with Crippen LogP contribution in [0.1, 0.15) is 62.8 Å². The van der Waals surface area contributed by atoms with E-state index in [9.17, 15) is 18.8 Å². The fourth-order valence-corrected chi connectivity index (χ4v) is 5.01. The molecule has 1 N–H and O–H groups in total. The van der Waals surface area contributed by atoms with Crippen molar-refractivity contribution in [1.29, 1.82) is 5.26 Å². The molecule has 0 saturated heterocycles. The quantitative estimate of drug-likeness (QED) is 0.416. The lowest BCUT2D eigenvalue weighted by atomic mass is 9.81. The molecule has 1 fully saturated rings. The molecule has 1 aliphatic carbocycles. The third-order valence-corrected chi connectivity index (χ3v) is 7.18. The fourth-order valence-electron chi connectivity index (χ4n) is 5.01. The zero-order valence-corrected chi connectivity index (χ0v) is 22.4. The molecule has 1 unspecified atom stereocenters. The van der Waals surface area contributed by atoms with Gasteiger partial charge in [0.25, 0.3) is 5.91 Å². The Bertz CT molecular complexity index is 1270. The van der Waals surface area contributed by atoms with Gasteiger partial charge in [-0.25, -0.2) is 8.78 Å². The molecule has 0 spiro atoms. The molecule has 1 amide bonds. The maximum Gasteiger partial charge on any atom is 0.324 e. The molecule has 3 atom stereocenters. The summed E-state index contributed by atoms with van der Waals surface area (Å²) in [5, 5.41) is 12.0. The number of methoxy groups -OCH3 is 1. The van der Waals surface area contributed by atoms with Gasteiger partial charge in [-0.15, -0.1) is 0 Å². The smallest absolute Gasteiger partial charge is 0.324 e. The van der Waals surface area contributed by atoms with Crippen LogP contribution < -0.4 is 14.8 Å². The van der Waals surface area contributed by atoms with Gasteiger partial charge in [-0.2, -0.15) is 5.26 Å². The molecule has 2 aliphatic rings. The number of nitrogens with zero attached hydrogens (tertiary/aromatic N) is 1. The molecule has 0 aromatic heterocycles.